The highest BCUT2D eigenvalue weighted by Gasteiger charge is 2.15. The average molecular weight is 354 g/mol. The molecule has 0 radical (unpaired) electrons. The first kappa shape index (κ1) is 19.5. The molecule has 1 N–H and O–H groups in total. The molecule has 0 spiro atoms. The zero-order valence-electron chi connectivity index (χ0n) is 16.1. The molecule has 5 heteroatoms. The van der Waals surface area contributed by atoms with E-state index in [1.54, 1.807) is 13.1 Å². The molecule has 0 heterocycles. The summed E-state index contributed by atoms with van der Waals surface area (Å²) in [6.07, 6.45) is 0. The number of anilines is 1. The Morgan fingerprint density at radius 1 is 1.00 bits per heavy atom. The van der Waals surface area contributed by atoms with E-state index in [0.717, 1.165) is 27.9 Å². The summed E-state index contributed by atoms with van der Waals surface area (Å²) >= 11 is 0. The molecule has 5 nitrogen and oxygen atoms in total. The third-order valence-electron chi connectivity index (χ3n) is 4.10. The summed E-state index contributed by atoms with van der Waals surface area (Å²) in [7, 11) is 1.59. The molecule has 2 rings (SSSR count). The second kappa shape index (κ2) is 8.52. The number of aryl methyl sites for hydroxylation is 4. The topological polar surface area (TPSA) is 58.6 Å². The molecule has 0 aliphatic heterocycles. The van der Waals surface area contributed by atoms with Gasteiger partial charge in [-0.1, -0.05) is 29.8 Å². The van der Waals surface area contributed by atoms with Crippen LogP contribution in [0.2, 0.25) is 0 Å². The number of nitrogens with zero attached hydrogens (tertiary/aromatic N) is 1. The summed E-state index contributed by atoms with van der Waals surface area (Å²) in [5.41, 5.74) is 5.03. The van der Waals surface area contributed by atoms with Crippen LogP contribution in [0, 0.1) is 27.7 Å². The van der Waals surface area contributed by atoms with Crippen LogP contribution in [-0.4, -0.2) is 36.9 Å². The molecule has 0 aromatic heterocycles. The second-order valence-corrected chi connectivity index (χ2v) is 6.68. The Labute approximate surface area is 155 Å². The van der Waals surface area contributed by atoms with Gasteiger partial charge >= 0.3 is 0 Å². The Kier molecular flexibility index (Phi) is 6.39. The Balaban J connectivity index is 1.89. The first-order valence-electron chi connectivity index (χ1n) is 8.57. The van der Waals surface area contributed by atoms with E-state index in [4.69, 9.17) is 4.74 Å². The lowest BCUT2D eigenvalue weighted by Gasteiger charge is -2.18. The van der Waals surface area contributed by atoms with Gasteiger partial charge in [-0.05, 0) is 56.5 Å². The molecule has 26 heavy (non-hydrogen) atoms. The predicted molar refractivity (Wildman–Crippen MR) is 104 cm³/mol. The number of hydrogen-bond donors (Lipinski definition) is 1. The van der Waals surface area contributed by atoms with Crippen LogP contribution in [0.4, 0.5) is 5.69 Å². The van der Waals surface area contributed by atoms with Crippen LogP contribution in [0.3, 0.4) is 0 Å². The normalized spacial score (nSPS) is 10.3. The smallest absolute Gasteiger partial charge is 0.260 e. The van der Waals surface area contributed by atoms with Crippen molar-refractivity contribution in [3.8, 4) is 5.75 Å². The van der Waals surface area contributed by atoms with Crippen molar-refractivity contribution in [2.24, 2.45) is 0 Å². The summed E-state index contributed by atoms with van der Waals surface area (Å²) in [5.74, 6) is 0.160. The van der Waals surface area contributed by atoms with Gasteiger partial charge in [0, 0.05) is 12.7 Å². The van der Waals surface area contributed by atoms with E-state index in [9.17, 15) is 9.59 Å². The van der Waals surface area contributed by atoms with Crippen molar-refractivity contribution in [3.05, 3.63) is 58.7 Å². The first-order chi connectivity index (χ1) is 12.3. The van der Waals surface area contributed by atoms with E-state index in [1.165, 1.54) is 4.90 Å². The van der Waals surface area contributed by atoms with Gasteiger partial charge in [0.15, 0.2) is 6.61 Å². The highest BCUT2D eigenvalue weighted by Crippen LogP contribution is 2.21. The third-order valence-corrected chi connectivity index (χ3v) is 4.10. The maximum Gasteiger partial charge on any atom is 0.260 e. The van der Waals surface area contributed by atoms with Gasteiger partial charge in [-0.2, -0.15) is 0 Å². The molecule has 0 bridgehead atoms. The summed E-state index contributed by atoms with van der Waals surface area (Å²) < 4.78 is 5.50. The lowest BCUT2D eigenvalue weighted by molar-refractivity contribution is -0.135. The molecule has 0 saturated heterocycles. The molecule has 2 aromatic carbocycles. The van der Waals surface area contributed by atoms with Crippen molar-refractivity contribution in [2.75, 3.05) is 25.5 Å². The second-order valence-electron chi connectivity index (χ2n) is 6.68. The van der Waals surface area contributed by atoms with Crippen LogP contribution in [0.15, 0.2) is 36.4 Å². The van der Waals surface area contributed by atoms with E-state index < -0.39 is 0 Å². The van der Waals surface area contributed by atoms with Crippen molar-refractivity contribution in [2.45, 2.75) is 27.7 Å². The maximum absolute atomic E-state index is 12.3. The lowest BCUT2D eigenvalue weighted by atomic mass is 10.1. The number of ether oxygens (including phenoxy) is 1. The molecule has 2 aromatic rings. The number of benzene rings is 2. The van der Waals surface area contributed by atoms with Crippen LogP contribution >= 0.6 is 0 Å². The van der Waals surface area contributed by atoms with Crippen molar-refractivity contribution < 1.29 is 14.3 Å². The van der Waals surface area contributed by atoms with Crippen molar-refractivity contribution >= 4 is 17.5 Å². The van der Waals surface area contributed by atoms with Gasteiger partial charge in [-0.25, -0.2) is 0 Å². The maximum atomic E-state index is 12.3. The van der Waals surface area contributed by atoms with E-state index in [1.807, 2.05) is 58.0 Å². The number of carbonyl (C=O) groups is 2. The van der Waals surface area contributed by atoms with Gasteiger partial charge in [-0.15, -0.1) is 0 Å². The SMILES string of the molecule is Cc1cccc(OCC(=O)N(C)CC(=O)Nc2c(C)cc(C)cc2C)c1. The standard InChI is InChI=1S/C21H26N2O3/c1-14-7-6-8-18(11-14)26-13-20(25)23(5)12-19(24)22-21-16(3)9-15(2)10-17(21)4/h6-11H,12-13H2,1-5H3,(H,22,24). The molecular formula is C21H26N2O3. The molecule has 2 amide bonds. The average Bonchev–Trinajstić information content (AvgIpc) is 2.56. The minimum absolute atomic E-state index is 0.0250. The monoisotopic (exact) mass is 354 g/mol. The van der Waals surface area contributed by atoms with E-state index in [2.05, 4.69) is 5.32 Å². The summed E-state index contributed by atoms with van der Waals surface area (Å²) in [5, 5.41) is 2.90. The molecule has 0 aliphatic rings. The zero-order valence-corrected chi connectivity index (χ0v) is 16.1. The minimum Gasteiger partial charge on any atom is -0.484 e. The first-order valence-corrected chi connectivity index (χ1v) is 8.57. The highest BCUT2D eigenvalue weighted by atomic mass is 16.5. The molecule has 0 saturated carbocycles. The minimum atomic E-state index is -0.251. The molecule has 0 unspecified atom stereocenters. The lowest BCUT2D eigenvalue weighted by Crippen LogP contribution is -2.37. The predicted octanol–water partition coefficient (Wildman–Crippen LogP) is 3.40. The Bertz CT molecular complexity index is 792. The van der Waals surface area contributed by atoms with E-state index in [0.29, 0.717) is 5.75 Å². The van der Waals surface area contributed by atoms with Crippen LogP contribution in [-0.2, 0) is 9.59 Å². The Morgan fingerprint density at radius 2 is 1.65 bits per heavy atom. The van der Waals surface area contributed by atoms with Gasteiger partial charge in [0.1, 0.15) is 5.75 Å². The highest BCUT2D eigenvalue weighted by molar-refractivity contribution is 5.95. The molecule has 138 valence electrons. The van der Waals surface area contributed by atoms with Gasteiger partial charge in [0.2, 0.25) is 5.91 Å². The van der Waals surface area contributed by atoms with E-state index >= 15 is 0 Å². The van der Waals surface area contributed by atoms with Crippen LogP contribution in [0.5, 0.6) is 5.75 Å². The number of carbonyl (C=O) groups excluding carboxylic acids is 2. The number of likely N-dealkylation sites (N-methyl/N-ethyl adjacent to an activating group) is 1. The van der Waals surface area contributed by atoms with Crippen LogP contribution in [0.25, 0.3) is 0 Å². The van der Waals surface area contributed by atoms with Crippen molar-refractivity contribution in [1.29, 1.82) is 0 Å². The third kappa shape index (κ3) is 5.34. The molecule has 0 atom stereocenters. The number of rotatable bonds is 6. The summed E-state index contributed by atoms with van der Waals surface area (Å²) in [6, 6.07) is 11.5. The zero-order chi connectivity index (χ0) is 19.3. The quantitative estimate of drug-likeness (QED) is 0.865. The van der Waals surface area contributed by atoms with Crippen LogP contribution in [0.1, 0.15) is 22.3 Å². The Morgan fingerprint density at radius 3 is 2.27 bits per heavy atom. The van der Waals surface area contributed by atoms with Crippen LogP contribution < -0.4 is 10.1 Å². The fourth-order valence-corrected chi connectivity index (χ4v) is 2.82. The fourth-order valence-electron chi connectivity index (χ4n) is 2.82. The summed E-state index contributed by atoms with van der Waals surface area (Å²) in [6.45, 7) is 7.77. The van der Waals surface area contributed by atoms with E-state index in [-0.39, 0.29) is 25.0 Å². The number of nitrogens with one attached hydrogen (secondary N) is 1. The van der Waals surface area contributed by atoms with Gasteiger partial charge in [0.05, 0.1) is 6.54 Å². The summed E-state index contributed by atoms with van der Waals surface area (Å²) in [4.78, 5) is 25.8. The van der Waals surface area contributed by atoms with Crippen molar-refractivity contribution in [1.82, 2.24) is 4.90 Å². The number of hydrogen-bond acceptors (Lipinski definition) is 3. The van der Waals surface area contributed by atoms with Crippen molar-refractivity contribution in [3.63, 3.8) is 0 Å². The van der Waals surface area contributed by atoms with Gasteiger partial charge < -0.3 is 15.0 Å². The molecular weight excluding hydrogens is 328 g/mol. The molecule has 0 aliphatic carbocycles. The fraction of sp³-hybridized carbons (Fsp3) is 0.333. The Hall–Kier alpha value is -2.82. The van der Waals surface area contributed by atoms with Gasteiger partial charge in [-0.3, -0.25) is 9.59 Å². The number of amides is 2. The largest absolute Gasteiger partial charge is 0.484 e. The molecule has 0 fully saturated rings. The van der Waals surface area contributed by atoms with Gasteiger partial charge in [0.25, 0.3) is 5.91 Å².